The highest BCUT2D eigenvalue weighted by Gasteiger charge is 1.71. The van der Waals surface area contributed by atoms with E-state index in [0.29, 0.717) is 6.54 Å². The zero-order valence-corrected chi connectivity index (χ0v) is 4.15. The van der Waals surface area contributed by atoms with Crippen LogP contribution in [0.1, 0.15) is 6.42 Å². The first-order valence-electron chi connectivity index (χ1n) is 2.12. The fourth-order valence-electron chi connectivity index (χ4n) is 0.223. The average Bonchev–Trinajstić information content (AvgIpc) is 1.69. The van der Waals surface area contributed by atoms with Gasteiger partial charge in [-0.25, -0.2) is 0 Å². The molecule has 0 unspecified atom stereocenters. The van der Waals surface area contributed by atoms with Gasteiger partial charge >= 0.3 is 0 Å². The van der Waals surface area contributed by atoms with E-state index in [1.165, 1.54) is 0 Å². The van der Waals surface area contributed by atoms with Gasteiger partial charge in [-0.2, -0.15) is 5.53 Å². The summed E-state index contributed by atoms with van der Waals surface area (Å²) in [6.07, 6.45) is 2.64. The van der Waals surface area contributed by atoms with Gasteiger partial charge in [-0.05, 0) is 6.42 Å². The van der Waals surface area contributed by atoms with Gasteiger partial charge in [0.25, 0.3) is 0 Å². The molecule has 0 aliphatic heterocycles. The second kappa shape index (κ2) is 5.14. The van der Waals surface area contributed by atoms with Gasteiger partial charge in [-0.3, -0.25) is 5.43 Å². The first-order chi connectivity index (χ1) is 3.41. The maximum absolute atomic E-state index is 6.26. The van der Waals surface area contributed by atoms with Gasteiger partial charge in [0.05, 0.1) is 0 Å². The Hall–Kier alpha value is -0.860. The number of nitrogens with zero attached hydrogens (tertiary/aromatic N) is 1. The zero-order chi connectivity index (χ0) is 5.54. The Morgan fingerprint density at radius 2 is 2.57 bits per heavy atom. The lowest BCUT2D eigenvalue weighted by molar-refractivity contribution is 0.677. The van der Waals surface area contributed by atoms with Crippen LogP contribution in [0.3, 0.4) is 0 Å². The number of nitrogens with one attached hydrogen (secondary N) is 2. The molecule has 0 spiro atoms. The molecule has 0 aromatic rings. The summed E-state index contributed by atoms with van der Waals surface area (Å²) in [4.78, 5) is 0. The highest BCUT2D eigenvalue weighted by atomic mass is 15.4. The van der Waals surface area contributed by atoms with E-state index in [2.05, 4.69) is 17.2 Å². The summed E-state index contributed by atoms with van der Waals surface area (Å²) in [6.45, 7) is 4.20. The number of hydrogen-bond donors (Lipinski definition) is 2. The molecule has 0 aromatic carbocycles. The van der Waals surface area contributed by atoms with E-state index in [0.717, 1.165) is 6.42 Å². The van der Waals surface area contributed by atoms with Crippen molar-refractivity contribution in [2.75, 3.05) is 6.54 Å². The highest BCUT2D eigenvalue weighted by Crippen LogP contribution is 1.72. The zero-order valence-electron chi connectivity index (χ0n) is 4.15. The van der Waals surface area contributed by atoms with Crippen LogP contribution in [0, 0.1) is 5.53 Å². The van der Waals surface area contributed by atoms with E-state index < -0.39 is 0 Å². The van der Waals surface area contributed by atoms with Crippen molar-refractivity contribution in [1.82, 2.24) is 5.43 Å². The molecule has 0 aromatic heterocycles. The SMILES string of the molecule is C=CCCNN=N. The molecule has 0 saturated heterocycles. The smallest absolute Gasteiger partial charge is 0.0380 e. The summed E-state index contributed by atoms with van der Waals surface area (Å²) in [5, 5.41) is 2.93. The van der Waals surface area contributed by atoms with Crippen molar-refractivity contribution in [3.63, 3.8) is 0 Å². The molecular weight excluding hydrogens is 90.1 g/mol. The molecule has 0 rings (SSSR count). The average molecular weight is 99.1 g/mol. The van der Waals surface area contributed by atoms with Gasteiger partial charge in [0, 0.05) is 6.54 Å². The van der Waals surface area contributed by atoms with E-state index >= 15 is 0 Å². The standard InChI is InChI=1S/C4H9N3/c1-2-3-4-6-7-5/h2H,1,3-4H2,(H2,5,6). The Morgan fingerprint density at radius 3 is 3.00 bits per heavy atom. The van der Waals surface area contributed by atoms with Gasteiger partial charge in [-0.1, -0.05) is 11.3 Å². The van der Waals surface area contributed by atoms with Crippen molar-refractivity contribution in [3.8, 4) is 0 Å². The van der Waals surface area contributed by atoms with Gasteiger partial charge in [0.1, 0.15) is 0 Å². The molecule has 40 valence electrons. The Labute approximate surface area is 42.9 Å². The molecule has 0 atom stereocenters. The van der Waals surface area contributed by atoms with Crippen LogP contribution in [0.15, 0.2) is 17.9 Å². The minimum Gasteiger partial charge on any atom is -0.292 e. The summed E-state index contributed by atoms with van der Waals surface area (Å²) in [6, 6.07) is 0. The normalized spacial score (nSPS) is 7.43. The quantitative estimate of drug-likeness (QED) is 0.236. The van der Waals surface area contributed by atoms with E-state index in [4.69, 9.17) is 5.53 Å². The predicted molar refractivity (Wildman–Crippen MR) is 28.0 cm³/mol. The van der Waals surface area contributed by atoms with E-state index in [9.17, 15) is 0 Å². The maximum atomic E-state index is 6.26. The molecule has 3 nitrogen and oxygen atoms in total. The van der Waals surface area contributed by atoms with Crippen LogP contribution in [0.4, 0.5) is 0 Å². The lowest BCUT2D eigenvalue weighted by atomic mass is 10.4. The number of rotatable bonds is 4. The largest absolute Gasteiger partial charge is 0.292 e. The second-order valence-electron chi connectivity index (χ2n) is 1.10. The Kier molecular flexibility index (Phi) is 4.51. The third-order valence-corrected chi connectivity index (χ3v) is 0.539. The third kappa shape index (κ3) is 5.14. The van der Waals surface area contributed by atoms with E-state index in [1.807, 2.05) is 0 Å². The topological polar surface area (TPSA) is 48.2 Å². The van der Waals surface area contributed by atoms with Crippen LogP contribution in [-0.2, 0) is 0 Å². The van der Waals surface area contributed by atoms with Crippen molar-refractivity contribution >= 4 is 0 Å². The minimum absolute atomic E-state index is 0.715. The van der Waals surface area contributed by atoms with Crippen LogP contribution >= 0.6 is 0 Å². The second-order valence-corrected chi connectivity index (χ2v) is 1.10. The van der Waals surface area contributed by atoms with Gasteiger partial charge < -0.3 is 0 Å². The maximum Gasteiger partial charge on any atom is 0.0380 e. The third-order valence-electron chi connectivity index (χ3n) is 0.539. The Morgan fingerprint density at radius 1 is 1.86 bits per heavy atom. The Balaban J connectivity index is 2.68. The summed E-state index contributed by atoms with van der Waals surface area (Å²) < 4.78 is 0. The van der Waals surface area contributed by atoms with Crippen molar-refractivity contribution in [1.29, 1.82) is 5.53 Å². The van der Waals surface area contributed by atoms with E-state index in [1.54, 1.807) is 6.08 Å². The van der Waals surface area contributed by atoms with Crippen molar-refractivity contribution in [2.24, 2.45) is 5.22 Å². The lowest BCUT2D eigenvalue weighted by Crippen LogP contribution is -2.03. The fourth-order valence-corrected chi connectivity index (χ4v) is 0.223. The van der Waals surface area contributed by atoms with Gasteiger partial charge in [0.15, 0.2) is 0 Å². The first kappa shape index (κ1) is 6.14. The lowest BCUT2D eigenvalue weighted by Gasteiger charge is -1.88. The first-order valence-corrected chi connectivity index (χ1v) is 2.12. The van der Waals surface area contributed by atoms with Crippen LogP contribution in [-0.4, -0.2) is 6.54 Å². The molecule has 0 saturated carbocycles. The molecule has 2 N–H and O–H groups in total. The molecule has 3 heteroatoms. The van der Waals surface area contributed by atoms with Crippen molar-refractivity contribution in [3.05, 3.63) is 12.7 Å². The minimum atomic E-state index is 0.715. The molecule has 0 amide bonds. The van der Waals surface area contributed by atoms with Crippen LogP contribution in [0.2, 0.25) is 0 Å². The predicted octanol–water partition coefficient (Wildman–Crippen LogP) is 1.10. The monoisotopic (exact) mass is 99.1 g/mol. The fraction of sp³-hybridized carbons (Fsp3) is 0.500. The molecule has 0 bridgehead atoms. The summed E-state index contributed by atoms with van der Waals surface area (Å²) in [5.74, 6) is 0. The molecule has 0 radical (unpaired) electrons. The van der Waals surface area contributed by atoms with Crippen LogP contribution < -0.4 is 5.43 Å². The van der Waals surface area contributed by atoms with Crippen LogP contribution in [0.5, 0.6) is 0 Å². The molecule has 0 aliphatic rings. The number of hydrogen-bond acceptors (Lipinski definition) is 2. The summed E-state index contributed by atoms with van der Waals surface area (Å²) in [5.41, 5.74) is 8.73. The molecular formula is C4H9N3. The Bertz CT molecular complexity index is 52.0. The molecule has 0 fully saturated rings. The highest BCUT2D eigenvalue weighted by molar-refractivity contribution is 4.65. The van der Waals surface area contributed by atoms with Gasteiger partial charge in [-0.15, -0.1) is 6.58 Å². The summed E-state index contributed by atoms with van der Waals surface area (Å²) >= 11 is 0. The van der Waals surface area contributed by atoms with Gasteiger partial charge in [0.2, 0.25) is 0 Å². The molecule has 7 heavy (non-hydrogen) atoms. The van der Waals surface area contributed by atoms with Crippen molar-refractivity contribution in [2.45, 2.75) is 6.42 Å². The molecule has 0 heterocycles. The summed E-state index contributed by atoms with van der Waals surface area (Å²) in [7, 11) is 0. The van der Waals surface area contributed by atoms with Crippen LogP contribution in [0.25, 0.3) is 0 Å². The van der Waals surface area contributed by atoms with Crippen molar-refractivity contribution < 1.29 is 0 Å². The molecule has 0 aliphatic carbocycles. The van der Waals surface area contributed by atoms with E-state index in [-0.39, 0.29) is 0 Å².